The number of carbonyl (C=O) groups is 1. The topological polar surface area (TPSA) is 58.6 Å². The Morgan fingerprint density at radius 3 is 1.89 bits per heavy atom. The normalized spacial score (nSPS) is 12.8. The zero-order chi connectivity index (χ0) is 18.9. The second-order valence-electron chi connectivity index (χ2n) is 6.25. The number of anilines is 1. The highest BCUT2D eigenvalue weighted by Crippen LogP contribution is 2.25. The molecule has 3 rings (SSSR count). The maximum atomic E-state index is 12.6. The number of rotatable bonds is 8. The van der Waals surface area contributed by atoms with E-state index in [1.807, 2.05) is 91.0 Å². The van der Waals surface area contributed by atoms with E-state index in [0.29, 0.717) is 0 Å². The van der Waals surface area contributed by atoms with Crippen LogP contribution in [0.4, 0.5) is 5.69 Å². The van der Waals surface area contributed by atoms with E-state index in [9.17, 15) is 9.90 Å². The maximum absolute atomic E-state index is 12.6. The molecule has 2 atom stereocenters. The second kappa shape index (κ2) is 9.55. The van der Waals surface area contributed by atoms with Gasteiger partial charge in [0.15, 0.2) is 0 Å². The minimum Gasteiger partial charge on any atom is -0.455 e. The van der Waals surface area contributed by atoms with E-state index >= 15 is 0 Å². The predicted molar refractivity (Wildman–Crippen MR) is 106 cm³/mol. The van der Waals surface area contributed by atoms with E-state index < -0.39 is 6.10 Å². The number of para-hydroxylation sites is 1. The average Bonchev–Trinajstić information content (AvgIpc) is 2.73. The van der Waals surface area contributed by atoms with E-state index in [1.54, 1.807) is 0 Å². The van der Waals surface area contributed by atoms with E-state index in [1.165, 1.54) is 0 Å². The van der Waals surface area contributed by atoms with Gasteiger partial charge < -0.3 is 15.2 Å². The third-order valence-corrected chi connectivity index (χ3v) is 4.30. The summed E-state index contributed by atoms with van der Waals surface area (Å²) in [7, 11) is 0. The fourth-order valence-corrected chi connectivity index (χ4v) is 2.92. The molecule has 0 aliphatic carbocycles. The monoisotopic (exact) mass is 361 g/mol. The molecule has 0 aliphatic rings. The van der Waals surface area contributed by atoms with E-state index in [0.717, 1.165) is 16.8 Å². The molecule has 2 N–H and O–H groups in total. The van der Waals surface area contributed by atoms with Gasteiger partial charge >= 0.3 is 5.97 Å². The molecule has 4 heteroatoms. The Morgan fingerprint density at radius 1 is 0.815 bits per heavy atom. The molecular weight excluding hydrogens is 338 g/mol. The van der Waals surface area contributed by atoms with Crippen molar-refractivity contribution in [3.05, 3.63) is 102 Å². The summed E-state index contributed by atoms with van der Waals surface area (Å²) >= 11 is 0. The van der Waals surface area contributed by atoms with Crippen molar-refractivity contribution in [3.8, 4) is 0 Å². The van der Waals surface area contributed by atoms with Gasteiger partial charge in [-0.15, -0.1) is 0 Å². The lowest BCUT2D eigenvalue weighted by atomic mass is 10.0. The number of hydrogen-bond acceptors (Lipinski definition) is 4. The summed E-state index contributed by atoms with van der Waals surface area (Å²) in [6, 6.07) is 28.6. The van der Waals surface area contributed by atoms with Gasteiger partial charge in [-0.3, -0.25) is 4.79 Å². The number of nitrogens with one attached hydrogen (secondary N) is 1. The van der Waals surface area contributed by atoms with Gasteiger partial charge in [0.25, 0.3) is 0 Å². The summed E-state index contributed by atoms with van der Waals surface area (Å²) in [4.78, 5) is 12.6. The Labute approximate surface area is 159 Å². The summed E-state index contributed by atoms with van der Waals surface area (Å²) in [6.45, 7) is -0.252. The largest absolute Gasteiger partial charge is 0.455 e. The molecule has 0 aliphatic heterocycles. The first-order valence-electron chi connectivity index (χ1n) is 8.98. The van der Waals surface area contributed by atoms with Crippen molar-refractivity contribution in [1.29, 1.82) is 0 Å². The highest BCUT2D eigenvalue weighted by molar-refractivity contribution is 5.71. The van der Waals surface area contributed by atoms with Crippen LogP contribution in [0.1, 0.15) is 29.7 Å². The first kappa shape index (κ1) is 18.7. The average molecular weight is 361 g/mol. The molecule has 0 bridgehead atoms. The summed E-state index contributed by atoms with van der Waals surface area (Å²) in [5.41, 5.74) is 2.71. The van der Waals surface area contributed by atoms with Gasteiger partial charge in [-0.05, 0) is 23.3 Å². The van der Waals surface area contributed by atoms with Crippen LogP contribution in [-0.4, -0.2) is 17.7 Å². The number of ether oxygens (including phenoxy) is 1. The van der Waals surface area contributed by atoms with Crippen LogP contribution in [0.3, 0.4) is 0 Å². The SMILES string of the molecule is O=C(C[C@H](Nc1ccccc1)c1ccccc1)O[C@@H](CO)c1ccccc1. The Morgan fingerprint density at radius 2 is 1.33 bits per heavy atom. The lowest BCUT2D eigenvalue weighted by Gasteiger charge is -2.22. The maximum Gasteiger partial charge on any atom is 0.308 e. The zero-order valence-corrected chi connectivity index (χ0v) is 15.0. The number of hydrogen-bond donors (Lipinski definition) is 2. The molecule has 3 aromatic carbocycles. The van der Waals surface area contributed by atoms with Crippen molar-refractivity contribution in [2.75, 3.05) is 11.9 Å². The van der Waals surface area contributed by atoms with Crippen molar-refractivity contribution < 1.29 is 14.6 Å². The first-order valence-corrected chi connectivity index (χ1v) is 8.98. The summed E-state index contributed by atoms with van der Waals surface area (Å²) in [6.07, 6.45) is -0.505. The molecule has 0 radical (unpaired) electrons. The van der Waals surface area contributed by atoms with E-state index in [-0.39, 0.29) is 25.0 Å². The van der Waals surface area contributed by atoms with Crippen LogP contribution in [0.25, 0.3) is 0 Å². The van der Waals surface area contributed by atoms with Crippen LogP contribution < -0.4 is 5.32 Å². The molecular formula is C23H23NO3. The van der Waals surface area contributed by atoms with Gasteiger partial charge in [0, 0.05) is 5.69 Å². The van der Waals surface area contributed by atoms with Crippen molar-refractivity contribution in [3.63, 3.8) is 0 Å². The van der Waals surface area contributed by atoms with E-state index in [2.05, 4.69) is 5.32 Å². The Balaban J connectivity index is 1.72. The molecule has 0 spiro atoms. The number of aliphatic hydroxyl groups excluding tert-OH is 1. The summed E-state index contributed by atoms with van der Waals surface area (Å²) in [5.74, 6) is -0.366. The number of carbonyl (C=O) groups excluding carboxylic acids is 1. The van der Waals surface area contributed by atoms with Crippen molar-refractivity contribution in [2.24, 2.45) is 0 Å². The number of benzene rings is 3. The fraction of sp³-hybridized carbons (Fsp3) is 0.174. The Hall–Kier alpha value is -3.11. The van der Waals surface area contributed by atoms with Gasteiger partial charge in [-0.1, -0.05) is 78.9 Å². The predicted octanol–water partition coefficient (Wildman–Crippen LogP) is 4.51. The molecule has 0 fully saturated rings. The van der Waals surface area contributed by atoms with Gasteiger partial charge in [-0.2, -0.15) is 0 Å². The molecule has 3 aromatic rings. The van der Waals surface area contributed by atoms with Gasteiger partial charge in [0.05, 0.1) is 19.1 Å². The van der Waals surface area contributed by atoms with Crippen molar-refractivity contribution in [1.82, 2.24) is 0 Å². The molecule has 138 valence electrons. The minimum atomic E-state index is -0.660. The minimum absolute atomic E-state index is 0.155. The lowest BCUT2D eigenvalue weighted by molar-refractivity contribution is -0.151. The molecule has 0 aromatic heterocycles. The fourth-order valence-electron chi connectivity index (χ4n) is 2.92. The van der Waals surface area contributed by atoms with E-state index in [4.69, 9.17) is 4.74 Å². The van der Waals surface area contributed by atoms with Crippen LogP contribution in [-0.2, 0) is 9.53 Å². The van der Waals surface area contributed by atoms with Crippen LogP contribution in [0, 0.1) is 0 Å². The highest BCUT2D eigenvalue weighted by Gasteiger charge is 2.21. The summed E-state index contributed by atoms with van der Waals surface area (Å²) in [5, 5.41) is 13.0. The van der Waals surface area contributed by atoms with Gasteiger partial charge in [0.2, 0.25) is 0 Å². The highest BCUT2D eigenvalue weighted by atomic mass is 16.6. The number of aliphatic hydroxyl groups is 1. The number of esters is 1. The molecule has 4 nitrogen and oxygen atoms in total. The smallest absolute Gasteiger partial charge is 0.308 e. The first-order chi connectivity index (χ1) is 13.3. The summed E-state index contributed by atoms with van der Waals surface area (Å²) < 4.78 is 5.55. The molecule has 0 saturated heterocycles. The molecule has 0 unspecified atom stereocenters. The zero-order valence-electron chi connectivity index (χ0n) is 15.0. The molecule has 27 heavy (non-hydrogen) atoms. The molecule has 0 heterocycles. The third-order valence-electron chi connectivity index (χ3n) is 4.30. The second-order valence-corrected chi connectivity index (χ2v) is 6.25. The van der Waals surface area contributed by atoms with Gasteiger partial charge in [-0.25, -0.2) is 0 Å². The third kappa shape index (κ3) is 5.43. The van der Waals surface area contributed by atoms with Crippen molar-refractivity contribution >= 4 is 11.7 Å². The van der Waals surface area contributed by atoms with Crippen molar-refractivity contribution in [2.45, 2.75) is 18.6 Å². The molecule has 0 amide bonds. The lowest BCUT2D eigenvalue weighted by Crippen LogP contribution is -2.20. The van der Waals surface area contributed by atoms with Crippen LogP contribution in [0.5, 0.6) is 0 Å². The Kier molecular flexibility index (Phi) is 6.61. The van der Waals surface area contributed by atoms with Gasteiger partial charge in [0.1, 0.15) is 6.10 Å². The van der Waals surface area contributed by atoms with Crippen LogP contribution in [0.15, 0.2) is 91.0 Å². The standard InChI is InChI=1S/C23H23NO3/c25-17-22(19-12-6-2-7-13-19)27-23(26)16-21(18-10-4-1-5-11-18)24-20-14-8-3-9-15-20/h1-15,21-22,24-25H,16-17H2/t21-,22-/m0/s1. The Bertz CT molecular complexity index is 822. The van der Waals surface area contributed by atoms with Crippen LogP contribution >= 0.6 is 0 Å². The van der Waals surface area contributed by atoms with Crippen LogP contribution in [0.2, 0.25) is 0 Å². The molecule has 0 saturated carbocycles. The quantitative estimate of drug-likeness (QED) is 0.580.